The molecule has 0 atom stereocenters. The first-order valence-electron chi connectivity index (χ1n) is 6.01. The molecule has 1 amide bonds. The minimum Gasteiger partial charge on any atom is -0.378 e. The van der Waals surface area contributed by atoms with Crippen LogP contribution in [0.2, 0.25) is 5.02 Å². The Hall–Kier alpha value is -1.52. The van der Waals surface area contributed by atoms with E-state index in [1.54, 1.807) is 30.3 Å². The molecule has 2 aromatic carbocycles. The number of hydrogen-bond acceptors (Lipinski definition) is 2. The number of nitrogens with zero attached hydrogens (tertiary/aromatic N) is 1. The van der Waals surface area contributed by atoms with Crippen LogP contribution in [-0.2, 0) is 0 Å². The average molecular weight is 354 g/mol. The summed E-state index contributed by atoms with van der Waals surface area (Å²) in [4.78, 5) is 14.1. The van der Waals surface area contributed by atoms with E-state index in [0.717, 1.165) is 10.2 Å². The molecule has 5 heteroatoms. The number of anilines is 2. The van der Waals surface area contributed by atoms with E-state index in [9.17, 15) is 4.79 Å². The van der Waals surface area contributed by atoms with Crippen molar-refractivity contribution in [2.24, 2.45) is 0 Å². The van der Waals surface area contributed by atoms with Gasteiger partial charge in [-0.05, 0) is 58.4 Å². The molecule has 0 unspecified atom stereocenters. The van der Waals surface area contributed by atoms with Crippen molar-refractivity contribution in [2.75, 3.05) is 24.3 Å². The van der Waals surface area contributed by atoms with Crippen LogP contribution in [0.4, 0.5) is 11.4 Å². The van der Waals surface area contributed by atoms with Crippen molar-refractivity contribution < 1.29 is 4.79 Å². The lowest BCUT2D eigenvalue weighted by Crippen LogP contribution is -2.13. The molecule has 0 saturated heterocycles. The minimum absolute atomic E-state index is 0.149. The second-order valence-electron chi connectivity index (χ2n) is 4.52. The van der Waals surface area contributed by atoms with Gasteiger partial charge in [-0.2, -0.15) is 0 Å². The van der Waals surface area contributed by atoms with Crippen LogP contribution in [0.3, 0.4) is 0 Å². The third-order valence-electron chi connectivity index (χ3n) is 2.82. The lowest BCUT2D eigenvalue weighted by molar-refractivity contribution is 0.102. The Kier molecular flexibility index (Phi) is 4.68. The predicted octanol–water partition coefficient (Wildman–Crippen LogP) is 4.42. The molecule has 2 aromatic rings. The molecule has 104 valence electrons. The first-order chi connectivity index (χ1) is 9.47. The molecule has 0 aliphatic rings. The van der Waals surface area contributed by atoms with Gasteiger partial charge in [0.1, 0.15) is 0 Å². The first-order valence-corrected chi connectivity index (χ1v) is 7.18. The summed E-state index contributed by atoms with van der Waals surface area (Å²) in [5.41, 5.74) is 2.36. The molecule has 0 fully saturated rings. The van der Waals surface area contributed by atoms with Crippen LogP contribution in [0.15, 0.2) is 46.9 Å². The van der Waals surface area contributed by atoms with Crippen LogP contribution in [0, 0.1) is 0 Å². The van der Waals surface area contributed by atoms with Crippen LogP contribution >= 0.6 is 27.5 Å². The van der Waals surface area contributed by atoms with Crippen LogP contribution in [0.25, 0.3) is 0 Å². The standard InChI is InChI=1S/C15H14BrClN2O/c1-19(2)12-6-3-10(4-7-12)15(20)18-11-5-8-14(17)13(16)9-11/h3-9H,1-2H3,(H,18,20). The summed E-state index contributed by atoms with van der Waals surface area (Å²) in [6.45, 7) is 0. The van der Waals surface area contributed by atoms with E-state index in [1.165, 1.54) is 0 Å². The Morgan fingerprint density at radius 1 is 1.15 bits per heavy atom. The number of carbonyl (C=O) groups is 1. The van der Waals surface area contributed by atoms with Crippen molar-refractivity contribution in [2.45, 2.75) is 0 Å². The molecule has 0 radical (unpaired) electrons. The van der Waals surface area contributed by atoms with Crippen LogP contribution in [0.1, 0.15) is 10.4 Å². The maximum Gasteiger partial charge on any atom is 0.255 e. The summed E-state index contributed by atoms with van der Waals surface area (Å²) >= 11 is 9.25. The van der Waals surface area contributed by atoms with Crippen molar-refractivity contribution in [3.05, 3.63) is 57.5 Å². The monoisotopic (exact) mass is 352 g/mol. The van der Waals surface area contributed by atoms with Gasteiger partial charge in [0, 0.05) is 35.5 Å². The Balaban J connectivity index is 2.13. The largest absolute Gasteiger partial charge is 0.378 e. The Bertz CT molecular complexity index is 626. The second-order valence-corrected chi connectivity index (χ2v) is 5.79. The van der Waals surface area contributed by atoms with E-state index in [4.69, 9.17) is 11.6 Å². The highest BCUT2D eigenvalue weighted by Crippen LogP contribution is 2.25. The molecule has 0 aliphatic carbocycles. The van der Waals surface area contributed by atoms with Gasteiger partial charge in [0.2, 0.25) is 0 Å². The molecule has 3 nitrogen and oxygen atoms in total. The lowest BCUT2D eigenvalue weighted by atomic mass is 10.2. The third-order valence-corrected chi connectivity index (χ3v) is 4.04. The predicted molar refractivity (Wildman–Crippen MR) is 87.9 cm³/mol. The van der Waals surface area contributed by atoms with Crippen molar-refractivity contribution in [3.8, 4) is 0 Å². The van der Waals surface area contributed by atoms with Crippen molar-refractivity contribution in [3.63, 3.8) is 0 Å². The smallest absolute Gasteiger partial charge is 0.255 e. The van der Waals surface area contributed by atoms with Crippen molar-refractivity contribution >= 4 is 44.8 Å². The minimum atomic E-state index is -0.149. The topological polar surface area (TPSA) is 32.3 Å². The van der Waals surface area contributed by atoms with Gasteiger partial charge in [-0.25, -0.2) is 0 Å². The van der Waals surface area contributed by atoms with E-state index >= 15 is 0 Å². The Morgan fingerprint density at radius 3 is 2.35 bits per heavy atom. The Morgan fingerprint density at radius 2 is 1.80 bits per heavy atom. The van der Waals surface area contributed by atoms with Gasteiger partial charge >= 0.3 is 0 Å². The van der Waals surface area contributed by atoms with Gasteiger partial charge in [0.15, 0.2) is 0 Å². The average Bonchev–Trinajstić information content (AvgIpc) is 2.43. The summed E-state index contributed by atoms with van der Waals surface area (Å²) in [7, 11) is 3.92. The van der Waals surface area contributed by atoms with E-state index in [1.807, 2.05) is 31.1 Å². The summed E-state index contributed by atoms with van der Waals surface area (Å²) < 4.78 is 0.750. The summed E-state index contributed by atoms with van der Waals surface area (Å²) in [5.74, 6) is -0.149. The van der Waals surface area contributed by atoms with Gasteiger partial charge in [0.25, 0.3) is 5.91 Å². The fourth-order valence-corrected chi connectivity index (χ4v) is 2.18. The van der Waals surface area contributed by atoms with Gasteiger partial charge < -0.3 is 10.2 Å². The number of halogens is 2. The third kappa shape index (κ3) is 3.52. The van der Waals surface area contributed by atoms with Crippen LogP contribution in [-0.4, -0.2) is 20.0 Å². The zero-order valence-corrected chi connectivity index (χ0v) is 13.5. The van der Waals surface area contributed by atoms with E-state index in [0.29, 0.717) is 16.3 Å². The number of rotatable bonds is 3. The quantitative estimate of drug-likeness (QED) is 0.886. The molecular formula is C15H14BrClN2O. The molecule has 0 aliphatic heterocycles. The molecule has 0 heterocycles. The number of nitrogens with one attached hydrogen (secondary N) is 1. The highest BCUT2D eigenvalue weighted by molar-refractivity contribution is 9.10. The fraction of sp³-hybridized carbons (Fsp3) is 0.133. The molecule has 20 heavy (non-hydrogen) atoms. The van der Waals surface area contributed by atoms with Crippen molar-refractivity contribution in [1.82, 2.24) is 0 Å². The van der Waals surface area contributed by atoms with Crippen LogP contribution in [0.5, 0.6) is 0 Å². The SMILES string of the molecule is CN(C)c1ccc(C(=O)Nc2ccc(Cl)c(Br)c2)cc1. The van der Waals surface area contributed by atoms with Crippen LogP contribution < -0.4 is 10.2 Å². The summed E-state index contributed by atoms with van der Waals surface area (Å²) in [6, 6.07) is 12.7. The molecule has 1 N–H and O–H groups in total. The highest BCUT2D eigenvalue weighted by atomic mass is 79.9. The van der Waals surface area contributed by atoms with E-state index in [-0.39, 0.29) is 5.91 Å². The van der Waals surface area contributed by atoms with Gasteiger partial charge in [0.05, 0.1) is 5.02 Å². The Labute approximate surface area is 131 Å². The lowest BCUT2D eigenvalue weighted by Gasteiger charge is -2.12. The molecule has 2 rings (SSSR count). The number of amides is 1. The number of hydrogen-bond donors (Lipinski definition) is 1. The summed E-state index contributed by atoms with van der Waals surface area (Å²) in [5, 5.41) is 3.44. The second kappa shape index (κ2) is 6.29. The normalized spacial score (nSPS) is 10.2. The number of carbonyl (C=O) groups excluding carboxylic acids is 1. The van der Waals surface area contributed by atoms with Crippen molar-refractivity contribution in [1.29, 1.82) is 0 Å². The highest BCUT2D eigenvalue weighted by Gasteiger charge is 2.07. The molecule has 0 bridgehead atoms. The van der Waals surface area contributed by atoms with Gasteiger partial charge in [-0.3, -0.25) is 4.79 Å². The van der Waals surface area contributed by atoms with Gasteiger partial charge in [-0.1, -0.05) is 11.6 Å². The zero-order chi connectivity index (χ0) is 14.7. The molecule has 0 saturated carbocycles. The molecular weight excluding hydrogens is 340 g/mol. The van der Waals surface area contributed by atoms with Gasteiger partial charge in [-0.15, -0.1) is 0 Å². The zero-order valence-electron chi connectivity index (χ0n) is 11.2. The maximum absolute atomic E-state index is 12.1. The maximum atomic E-state index is 12.1. The molecule has 0 aromatic heterocycles. The fourth-order valence-electron chi connectivity index (χ4n) is 1.69. The number of benzene rings is 2. The molecule has 0 spiro atoms. The first kappa shape index (κ1) is 14.9. The summed E-state index contributed by atoms with van der Waals surface area (Å²) in [6.07, 6.45) is 0. The van der Waals surface area contributed by atoms with E-state index < -0.39 is 0 Å². The van der Waals surface area contributed by atoms with E-state index in [2.05, 4.69) is 21.2 Å².